The number of aliphatic imine (C=N–C) groups is 2. The van der Waals surface area contributed by atoms with Crippen LogP contribution in [0.4, 0.5) is 0 Å². The summed E-state index contributed by atoms with van der Waals surface area (Å²) in [5.41, 5.74) is 0.102. The molecule has 1 unspecified atom stereocenters. The minimum atomic E-state index is -0.716. The van der Waals surface area contributed by atoms with E-state index in [-0.39, 0.29) is 24.4 Å². The van der Waals surface area contributed by atoms with Crippen molar-refractivity contribution in [3.05, 3.63) is 11.9 Å². The summed E-state index contributed by atoms with van der Waals surface area (Å²) in [5, 5.41) is 4.69. The quantitative estimate of drug-likeness (QED) is 0.422. The van der Waals surface area contributed by atoms with Gasteiger partial charge in [-0.1, -0.05) is 0 Å². The summed E-state index contributed by atoms with van der Waals surface area (Å²) in [6.07, 6.45) is 4.78. The van der Waals surface area contributed by atoms with Gasteiger partial charge in [0.25, 0.3) is 5.91 Å². The Hall–Kier alpha value is -2.31. The first kappa shape index (κ1) is 14.7. The summed E-state index contributed by atoms with van der Waals surface area (Å²) in [6.45, 7) is 3.38. The highest BCUT2D eigenvalue weighted by molar-refractivity contribution is 6.03. The van der Waals surface area contributed by atoms with Crippen LogP contribution in [-0.4, -0.2) is 36.2 Å². The zero-order chi connectivity index (χ0) is 14.3. The van der Waals surface area contributed by atoms with Gasteiger partial charge in [-0.05, 0) is 20.3 Å². The monoisotopic (exact) mass is 264 g/mol. The molecule has 1 fully saturated rings. The molecule has 1 saturated heterocycles. The molecule has 0 aromatic carbocycles. The van der Waals surface area contributed by atoms with E-state index >= 15 is 0 Å². The zero-order valence-corrected chi connectivity index (χ0v) is 10.8. The number of rotatable bonds is 4. The fourth-order valence-electron chi connectivity index (χ4n) is 1.50. The highest BCUT2D eigenvalue weighted by atomic mass is 16.2. The number of imide groups is 1. The first-order valence-electron chi connectivity index (χ1n) is 5.89. The third-order valence-electron chi connectivity index (χ3n) is 2.39. The van der Waals surface area contributed by atoms with E-state index in [0.29, 0.717) is 0 Å². The Morgan fingerprint density at radius 2 is 2.11 bits per heavy atom. The van der Waals surface area contributed by atoms with Crippen molar-refractivity contribution in [1.82, 2.24) is 10.6 Å². The van der Waals surface area contributed by atoms with E-state index in [1.165, 1.54) is 18.6 Å². The maximum atomic E-state index is 11.9. The summed E-state index contributed by atoms with van der Waals surface area (Å²) < 4.78 is 0. The van der Waals surface area contributed by atoms with Crippen molar-refractivity contribution in [1.29, 1.82) is 0 Å². The van der Waals surface area contributed by atoms with Gasteiger partial charge in [-0.25, -0.2) is 0 Å². The SMILES string of the molecule is C\C=N/C=C(\N=C/C)C(=O)NC1CCC(=O)NC1=O. The Kier molecular flexibility index (Phi) is 5.59. The molecule has 7 heteroatoms. The van der Waals surface area contributed by atoms with E-state index < -0.39 is 17.9 Å². The number of piperidine rings is 1. The number of carbonyl (C=O) groups excluding carboxylic acids is 3. The largest absolute Gasteiger partial charge is 0.339 e. The summed E-state index contributed by atoms with van der Waals surface area (Å²) in [6, 6.07) is -0.716. The van der Waals surface area contributed by atoms with Crippen molar-refractivity contribution >= 4 is 30.2 Å². The molecule has 0 saturated carbocycles. The van der Waals surface area contributed by atoms with Crippen LogP contribution in [0.25, 0.3) is 0 Å². The second-order valence-electron chi connectivity index (χ2n) is 3.79. The number of hydrogen-bond donors (Lipinski definition) is 2. The summed E-state index contributed by atoms with van der Waals surface area (Å²) >= 11 is 0. The Bertz CT molecular complexity index is 466. The molecule has 3 amide bonds. The molecule has 1 atom stereocenters. The van der Waals surface area contributed by atoms with Crippen LogP contribution in [0.15, 0.2) is 21.9 Å². The van der Waals surface area contributed by atoms with Crippen LogP contribution in [0.2, 0.25) is 0 Å². The van der Waals surface area contributed by atoms with Crippen LogP contribution < -0.4 is 10.6 Å². The van der Waals surface area contributed by atoms with Gasteiger partial charge in [-0.15, -0.1) is 0 Å². The third kappa shape index (κ3) is 4.46. The van der Waals surface area contributed by atoms with Crippen molar-refractivity contribution < 1.29 is 14.4 Å². The topological polar surface area (TPSA) is 100.0 Å². The molecule has 0 aromatic rings. The van der Waals surface area contributed by atoms with Crippen molar-refractivity contribution in [3.8, 4) is 0 Å². The van der Waals surface area contributed by atoms with E-state index in [1.54, 1.807) is 13.8 Å². The second-order valence-corrected chi connectivity index (χ2v) is 3.79. The van der Waals surface area contributed by atoms with Crippen LogP contribution in [-0.2, 0) is 14.4 Å². The molecule has 0 radical (unpaired) electrons. The molecule has 102 valence electrons. The van der Waals surface area contributed by atoms with E-state index in [0.717, 1.165) is 0 Å². The first-order valence-corrected chi connectivity index (χ1v) is 5.89. The summed E-state index contributed by atoms with van der Waals surface area (Å²) in [5.74, 6) is -1.32. The standard InChI is InChI=1S/C12H16N4O3/c1-3-13-7-9(14-4-2)12(19)15-8-5-6-10(17)16-11(8)18/h3-4,7-8H,5-6H2,1-2H3,(H,15,19)(H,16,17,18)/b9-7-,13-3-,14-4-. The van der Waals surface area contributed by atoms with E-state index in [1.807, 2.05) is 0 Å². The van der Waals surface area contributed by atoms with Crippen LogP contribution in [0.3, 0.4) is 0 Å². The van der Waals surface area contributed by atoms with Gasteiger partial charge >= 0.3 is 0 Å². The van der Waals surface area contributed by atoms with E-state index in [4.69, 9.17) is 0 Å². The van der Waals surface area contributed by atoms with Gasteiger partial charge in [-0.3, -0.25) is 29.7 Å². The van der Waals surface area contributed by atoms with Crippen molar-refractivity contribution in [3.63, 3.8) is 0 Å². The van der Waals surface area contributed by atoms with Gasteiger partial charge in [0.1, 0.15) is 11.7 Å². The Morgan fingerprint density at radius 3 is 2.68 bits per heavy atom. The van der Waals surface area contributed by atoms with Crippen LogP contribution in [0.5, 0.6) is 0 Å². The van der Waals surface area contributed by atoms with Gasteiger partial charge in [0, 0.05) is 18.9 Å². The van der Waals surface area contributed by atoms with Crippen molar-refractivity contribution in [2.24, 2.45) is 9.98 Å². The highest BCUT2D eigenvalue weighted by Crippen LogP contribution is 2.06. The second kappa shape index (κ2) is 7.20. The van der Waals surface area contributed by atoms with Crippen LogP contribution in [0.1, 0.15) is 26.7 Å². The predicted octanol–water partition coefficient (Wildman–Crippen LogP) is -0.0694. The minimum absolute atomic E-state index is 0.102. The number of nitrogens with zero attached hydrogens (tertiary/aromatic N) is 2. The molecule has 7 nitrogen and oxygen atoms in total. The van der Waals surface area contributed by atoms with Crippen LogP contribution in [0, 0.1) is 0 Å². The molecule has 0 bridgehead atoms. The van der Waals surface area contributed by atoms with Crippen molar-refractivity contribution in [2.45, 2.75) is 32.7 Å². The molecule has 0 aliphatic carbocycles. The average Bonchev–Trinajstić information content (AvgIpc) is 2.37. The number of nitrogens with one attached hydrogen (secondary N) is 2. The highest BCUT2D eigenvalue weighted by Gasteiger charge is 2.28. The molecular weight excluding hydrogens is 248 g/mol. The fraction of sp³-hybridized carbons (Fsp3) is 0.417. The van der Waals surface area contributed by atoms with Crippen LogP contribution >= 0.6 is 0 Å². The minimum Gasteiger partial charge on any atom is -0.339 e. The summed E-state index contributed by atoms with van der Waals surface area (Å²) in [7, 11) is 0. The lowest BCUT2D eigenvalue weighted by Gasteiger charge is -2.21. The normalized spacial score (nSPS) is 20.9. The number of amides is 3. The summed E-state index contributed by atoms with van der Waals surface area (Å²) in [4.78, 5) is 42.1. The molecule has 1 aliphatic rings. The third-order valence-corrected chi connectivity index (χ3v) is 2.39. The molecule has 0 aromatic heterocycles. The predicted molar refractivity (Wildman–Crippen MR) is 70.7 cm³/mol. The Labute approximate surface area is 110 Å². The molecule has 19 heavy (non-hydrogen) atoms. The average molecular weight is 264 g/mol. The number of hydrogen-bond acceptors (Lipinski definition) is 5. The van der Waals surface area contributed by atoms with E-state index in [2.05, 4.69) is 20.6 Å². The Balaban J connectivity index is 2.71. The maximum absolute atomic E-state index is 11.9. The molecule has 1 rings (SSSR count). The van der Waals surface area contributed by atoms with Gasteiger partial charge in [0.15, 0.2) is 0 Å². The fourth-order valence-corrected chi connectivity index (χ4v) is 1.50. The molecule has 0 spiro atoms. The van der Waals surface area contributed by atoms with Gasteiger partial charge in [-0.2, -0.15) is 0 Å². The lowest BCUT2D eigenvalue weighted by atomic mass is 10.1. The van der Waals surface area contributed by atoms with Gasteiger partial charge in [0.05, 0.1) is 6.20 Å². The zero-order valence-electron chi connectivity index (χ0n) is 10.8. The molecule has 1 heterocycles. The molecule has 1 aliphatic heterocycles. The van der Waals surface area contributed by atoms with Crippen molar-refractivity contribution in [2.75, 3.05) is 0 Å². The van der Waals surface area contributed by atoms with Gasteiger partial charge < -0.3 is 5.32 Å². The smallest absolute Gasteiger partial charge is 0.272 e. The molecule has 2 N–H and O–H groups in total. The van der Waals surface area contributed by atoms with E-state index in [9.17, 15) is 14.4 Å². The lowest BCUT2D eigenvalue weighted by molar-refractivity contribution is -0.136. The lowest BCUT2D eigenvalue weighted by Crippen LogP contribution is -2.52. The first-order chi connectivity index (χ1) is 9.08. The Morgan fingerprint density at radius 1 is 1.37 bits per heavy atom. The molecular formula is C12H16N4O3. The number of carbonyl (C=O) groups is 3. The maximum Gasteiger partial charge on any atom is 0.272 e. The van der Waals surface area contributed by atoms with Gasteiger partial charge in [0.2, 0.25) is 11.8 Å².